The van der Waals surface area contributed by atoms with E-state index in [1.807, 2.05) is 0 Å². The minimum absolute atomic E-state index is 0.0754. The van der Waals surface area contributed by atoms with Gasteiger partial charge in [-0.1, -0.05) is 12.1 Å². The molecule has 2 N–H and O–H groups in total. The highest BCUT2D eigenvalue weighted by Gasteiger charge is 2.49. The van der Waals surface area contributed by atoms with E-state index in [0.29, 0.717) is 5.76 Å². The molecular formula is C22H16N2O7. The number of non-ortho nitro benzene ring substituents is 1. The van der Waals surface area contributed by atoms with Crippen LogP contribution in [0.1, 0.15) is 23.1 Å². The van der Waals surface area contributed by atoms with Crippen molar-refractivity contribution in [3.8, 4) is 5.75 Å². The average Bonchev–Trinajstić information content (AvgIpc) is 3.29. The van der Waals surface area contributed by atoms with E-state index < -0.39 is 28.4 Å². The van der Waals surface area contributed by atoms with Crippen LogP contribution in [-0.4, -0.2) is 26.8 Å². The van der Waals surface area contributed by atoms with Crippen LogP contribution < -0.4 is 4.90 Å². The number of para-hydroxylation sites is 2. The number of carbonyl (C=O) groups excluding carboxylic acids is 2. The Kier molecular flexibility index (Phi) is 4.78. The highest BCUT2D eigenvalue weighted by Crippen LogP contribution is 2.45. The fourth-order valence-corrected chi connectivity index (χ4v) is 3.51. The third kappa shape index (κ3) is 3.31. The molecule has 1 aliphatic heterocycles. The van der Waals surface area contributed by atoms with Crippen molar-refractivity contribution in [2.75, 3.05) is 4.90 Å². The van der Waals surface area contributed by atoms with Crippen LogP contribution in [0.2, 0.25) is 0 Å². The number of aromatic hydroxyl groups is 1. The highest BCUT2D eigenvalue weighted by molar-refractivity contribution is 6.51. The van der Waals surface area contributed by atoms with E-state index in [-0.39, 0.29) is 34.0 Å². The van der Waals surface area contributed by atoms with Crippen molar-refractivity contribution in [1.29, 1.82) is 0 Å². The number of nitro benzene ring substituents is 1. The molecule has 1 amide bonds. The number of hydrogen-bond acceptors (Lipinski definition) is 7. The molecule has 1 aliphatic rings. The maximum Gasteiger partial charge on any atom is 0.300 e. The van der Waals surface area contributed by atoms with Gasteiger partial charge in [0.15, 0.2) is 0 Å². The molecule has 1 fully saturated rings. The van der Waals surface area contributed by atoms with Crippen LogP contribution >= 0.6 is 0 Å². The second kappa shape index (κ2) is 7.45. The molecule has 9 heteroatoms. The zero-order valence-corrected chi connectivity index (χ0v) is 16.2. The van der Waals surface area contributed by atoms with Crippen molar-refractivity contribution in [1.82, 2.24) is 0 Å². The van der Waals surface area contributed by atoms with Gasteiger partial charge < -0.3 is 14.6 Å². The number of phenolic OH excluding ortho intramolecular Hbond substituents is 1. The van der Waals surface area contributed by atoms with Gasteiger partial charge in [-0.3, -0.25) is 24.6 Å². The summed E-state index contributed by atoms with van der Waals surface area (Å²) in [6, 6.07) is 13.0. The predicted molar refractivity (Wildman–Crippen MR) is 109 cm³/mol. The number of aliphatic hydroxyl groups excluding tert-OH is 1. The SMILES string of the molecule is Cc1ccc(C2/C(=C(/O)c3ccc([N+](=O)[O-])cc3)C(=O)C(=O)N2c2ccccc2O)o1. The minimum atomic E-state index is -1.14. The molecular weight excluding hydrogens is 404 g/mol. The normalized spacial score (nSPS) is 17.8. The first-order valence-electron chi connectivity index (χ1n) is 9.19. The summed E-state index contributed by atoms with van der Waals surface area (Å²) in [5.74, 6) is -1.93. The van der Waals surface area contributed by atoms with E-state index >= 15 is 0 Å². The molecule has 3 aromatic rings. The molecule has 0 bridgehead atoms. The fourth-order valence-electron chi connectivity index (χ4n) is 3.51. The monoisotopic (exact) mass is 420 g/mol. The van der Waals surface area contributed by atoms with Gasteiger partial charge in [-0.05, 0) is 43.3 Å². The Balaban J connectivity index is 1.92. The Hall–Kier alpha value is -4.40. The summed E-state index contributed by atoms with van der Waals surface area (Å²) in [4.78, 5) is 37.2. The second-order valence-electron chi connectivity index (χ2n) is 6.91. The lowest BCUT2D eigenvalue weighted by atomic mass is 9.99. The van der Waals surface area contributed by atoms with Gasteiger partial charge in [-0.25, -0.2) is 0 Å². The summed E-state index contributed by atoms with van der Waals surface area (Å²) in [5, 5.41) is 32.1. The number of nitrogens with zero attached hydrogens (tertiary/aromatic N) is 2. The molecule has 1 aromatic heterocycles. The number of Topliss-reactive ketones (excluding diaryl/α,β-unsaturated/α-hetero) is 1. The number of amides is 1. The first-order valence-corrected chi connectivity index (χ1v) is 9.19. The number of rotatable bonds is 4. The van der Waals surface area contributed by atoms with Gasteiger partial charge in [-0.15, -0.1) is 0 Å². The van der Waals surface area contributed by atoms with Crippen molar-refractivity contribution in [2.24, 2.45) is 0 Å². The first kappa shape index (κ1) is 19.9. The zero-order valence-electron chi connectivity index (χ0n) is 16.2. The second-order valence-corrected chi connectivity index (χ2v) is 6.91. The van der Waals surface area contributed by atoms with Crippen LogP contribution in [0.3, 0.4) is 0 Å². The van der Waals surface area contributed by atoms with Crippen molar-refractivity contribution in [3.63, 3.8) is 0 Å². The molecule has 0 radical (unpaired) electrons. The molecule has 31 heavy (non-hydrogen) atoms. The number of ketones is 1. The lowest BCUT2D eigenvalue weighted by Gasteiger charge is -2.24. The standard InChI is InChI=1S/C22H16N2O7/c1-12-6-11-17(31-12)19-18(20(26)13-7-9-14(10-8-13)24(29)30)21(27)22(28)23(19)15-4-2-3-5-16(15)25/h2-11,19,25-26H,1H3/b20-18-. The predicted octanol–water partition coefficient (Wildman–Crippen LogP) is 3.83. The lowest BCUT2D eigenvalue weighted by Crippen LogP contribution is -2.29. The Labute approximate surface area is 175 Å². The van der Waals surface area contributed by atoms with Gasteiger partial charge in [0.1, 0.15) is 29.1 Å². The van der Waals surface area contributed by atoms with Crippen LogP contribution in [0.25, 0.3) is 5.76 Å². The van der Waals surface area contributed by atoms with Crippen LogP contribution in [0, 0.1) is 17.0 Å². The Morgan fingerprint density at radius 2 is 1.74 bits per heavy atom. The van der Waals surface area contributed by atoms with Crippen LogP contribution in [0.15, 0.2) is 70.7 Å². The third-order valence-electron chi connectivity index (χ3n) is 4.97. The van der Waals surface area contributed by atoms with Crippen molar-refractivity contribution >= 4 is 28.8 Å². The van der Waals surface area contributed by atoms with E-state index in [1.54, 1.807) is 31.2 Å². The van der Waals surface area contributed by atoms with Crippen LogP contribution in [-0.2, 0) is 9.59 Å². The topological polar surface area (TPSA) is 134 Å². The van der Waals surface area contributed by atoms with E-state index in [9.17, 15) is 29.9 Å². The van der Waals surface area contributed by atoms with Crippen molar-refractivity contribution in [2.45, 2.75) is 13.0 Å². The minimum Gasteiger partial charge on any atom is -0.507 e. The Bertz CT molecular complexity index is 1240. The largest absolute Gasteiger partial charge is 0.507 e. The van der Waals surface area contributed by atoms with E-state index in [4.69, 9.17) is 4.42 Å². The smallest absolute Gasteiger partial charge is 0.300 e. The van der Waals surface area contributed by atoms with Gasteiger partial charge >= 0.3 is 0 Å². The lowest BCUT2D eigenvalue weighted by molar-refractivity contribution is -0.384. The summed E-state index contributed by atoms with van der Waals surface area (Å²) < 4.78 is 5.66. The number of benzene rings is 2. The van der Waals surface area contributed by atoms with Gasteiger partial charge in [0.25, 0.3) is 17.4 Å². The van der Waals surface area contributed by atoms with Crippen molar-refractivity contribution in [3.05, 3.63) is 93.4 Å². The van der Waals surface area contributed by atoms with Crippen molar-refractivity contribution < 1.29 is 29.1 Å². The first-order chi connectivity index (χ1) is 14.8. The maximum absolute atomic E-state index is 12.9. The van der Waals surface area contributed by atoms with Gasteiger partial charge in [0.05, 0.1) is 16.2 Å². The average molecular weight is 420 g/mol. The zero-order chi connectivity index (χ0) is 22.3. The quantitative estimate of drug-likeness (QED) is 0.215. The number of carbonyl (C=O) groups is 2. The van der Waals surface area contributed by atoms with Crippen LogP contribution in [0.5, 0.6) is 5.75 Å². The molecule has 1 saturated heterocycles. The number of aryl methyl sites for hydroxylation is 1. The number of hydrogen-bond donors (Lipinski definition) is 2. The summed E-state index contributed by atoms with van der Waals surface area (Å²) >= 11 is 0. The van der Waals surface area contributed by atoms with Gasteiger partial charge in [0.2, 0.25) is 0 Å². The van der Waals surface area contributed by atoms with E-state index in [2.05, 4.69) is 0 Å². The fraction of sp³-hybridized carbons (Fsp3) is 0.0909. The van der Waals surface area contributed by atoms with E-state index in [0.717, 1.165) is 4.90 Å². The molecule has 1 atom stereocenters. The molecule has 4 rings (SSSR count). The molecule has 2 aromatic carbocycles. The van der Waals surface area contributed by atoms with Gasteiger partial charge in [-0.2, -0.15) is 0 Å². The molecule has 9 nitrogen and oxygen atoms in total. The van der Waals surface area contributed by atoms with Crippen LogP contribution in [0.4, 0.5) is 11.4 Å². The maximum atomic E-state index is 12.9. The number of nitro groups is 1. The third-order valence-corrected chi connectivity index (χ3v) is 4.97. The molecule has 1 unspecified atom stereocenters. The molecule has 2 heterocycles. The van der Waals surface area contributed by atoms with E-state index in [1.165, 1.54) is 36.4 Å². The number of aliphatic hydroxyl groups is 1. The number of anilines is 1. The molecule has 0 saturated carbocycles. The number of furan rings is 1. The number of phenols is 1. The Morgan fingerprint density at radius 1 is 1.06 bits per heavy atom. The summed E-state index contributed by atoms with van der Waals surface area (Å²) in [6.45, 7) is 1.69. The molecule has 156 valence electrons. The summed E-state index contributed by atoms with van der Waals surface area (Å²) in [6.07, 6.45) is 0. The van der Waals surface area contributed by atoms with Gasteiger partial charge in [0, 0.05) is 17.7 Å². The summed E-state index contributed by atoms with van der Waals surface area (Å²) in [5.41, 5.74) is -0.249. The highest BCUT2D eigenvalue weighted by atomic mass is 16.6. The molecule has 0 spiro atoms. The Morgan fingerprint density at radius 3 is 2.32 bits per heavy atom. The molecule has 0 aliphatic carbocycles. The summed E-state index contributed by atoms with van der Waals surface area (Å²) in [7, 11) is 0.